The van der Waals surface area contributed by atoms with Crippen molar-refractivity contribution in [3.05, 3.63) is 28.3 Å². The zero-order valence-electron chi connectivity index (χ0n) is 9.49. The molecule has 1 aromatic rings. The van der Waals surface area contributed by atoms with Gasteiger partial charge in [-0.15, -0.1) is 0 Å². The molecule has 1 heterocycles. The fraction of sp³-hybridized carbons (Fsp3) is 0.364. The molecular weight excluding hydrogens is 372 g/mol. The molecule has 0 aromatic heterocycles. The Hall–Kier alpha value is -0.890. The van der Waals surface area contributed by atoms with Gasteiger partial charge in [0.2, 0.25) is 5.91 Å². The second-order valence-corrected chi connectivity index (χ2v) is 5.56. The summed E-state index contributed by atoms with van der Waals surface area (Å²) in [5.41, 5.74) is 0.236. The number of amides is 1. The monoisotopic (exact) mass is 377 g/mol. The topological polar surface area (TPSA) is 29.1 Å². The standard InChI is InChI=1S/C11H6BrClF5NO/c12-9(10(14,15)11(16,17)18)5-1-4-2-8(20)19-7(4)3-6(5)13/h1,3,9H,2H2,(H,19,20). The van der Waals surface area contributed by atoms with E-state index >= 15 is 0 Å². The van der Waals surface area contributed by atoms with Crippen LogP contribution in [0.1, 0.15) is 16.0 Å². The van der Waals surface area contributed by atoms with E-state index in [9.17, 15) is 26.7 Å². The van der Waals surface area contributed by atoms with Crippen LogP contribution < -0.4 is 5.32 Å². The fourth-order valence-corrected chi connectivity index (χ4v) is 2.84. The Morgan fingerprint density at radius 2 is 1.85 bits per heavy atom. The van der Waals surface area contributed by atoms with Crippen LogP contribution in [0.2, 0.25) is 5.02 Å². The highest BCUT2D eigenvalue weighted by Gasteiger charge is 2.62. The van der Waals surface area contributed by atoms with Gasteiger partial charge in [-0.25, -0.2) is 0 Å². The first-order chi connectivity index (χ1) is 9.04. The summed E-state index contributed by atoms with van der Waals surface area (Å²) in [6.45, 7) is 0. The number of carbonyl (C=O) groups excluding carboxylic acids is 1. The van der Waals surface area contributed by atoms with Gasteiger partial charge in [0.1, 0.15) is 4.83 Å². The van der Waals surface area contributed by atoms with E-state index in [0.29, 0.717) is 11.3 Å². The number of nitrogens with one attached hydrogen (secondary N) is 1. The Morgan fingerprint density at radius 3 is 2.40 bits per heavy atom. The highest BCUT2D eigenvalue weighted by Crippen LogP contribution is 2.51. The van der Waals surface area contributed by atoms with E-state index in [1.165, 1.54) is 0 Å². The van der Waals surface area contributed by atoms with Crippen molar-refractivity contribution in [2.24, 2.45) is 0 Å². The molecule has 1 aliphatic rings. The zero-order chi connectivity index (χ0) is 15.3. The lowest BCUT2D eigenvalue weighted by atomic mass is 10.0. The largest absolute Gasteiger partial charge is 0.454 e. The summed E-state index contributed by atoms with van der Waals surface area (Å²) in [5, 5.41) is 2.14. The van der Waals surface area contributed by atoms with Gasteiger partial charge in [0.25, 0.3) is 0 Å². The average molecular weight is 379 g/mol. The lowest BCUT2D eigenvalue weighted by molar-refractivity contribution is -0.281. The predicted octanol–water partition coefficient (Wildman–Crippen LogP) is 4.47. The number of carbonyl (C=O) groups is 1. The van der Waals surface area contributed by atoms with E-state index in [1.54, 1.807) is 0 Å². The van der Waals surface area contributed by atoms with Gasteiger partial charge in [-0.05, 0) is 17.2 Å². The molecular formula is C11H6BrClF5NO. The Morgan fingerprint density at radius 1 is 1.25 bits per heavy atom. The summed E-state index contributed by atoms with van der Waals surface area (Å²) < 4.78 is 63.7. The van der Waals surface area contributed by atoms with E-state index in [4.69, 9.17) is 11.6 Å². The normalized spacial score (nSPS) is 16.9. The van der Waals surface area contributed by atoms with E-state index in [-0.39, 0.29) is 17.4 Å². The molecule has 2 nitrogen and oxygen atoms in total. The second kappa shape index (κ2) is 4.84. The van der Waals surface area contributed by atoms with Crippen LogP contribution in [-0.4, -0.2) is 18.0 Å². The SMILES string of the molecule is O=C1Cc2cc(C(Br)C(F)(F)C(F)(F)F)c(Cl)cc2N1. The third kappa shape index (κ3) is 2.50. The number of rotatable bonds is 2. The van der Waals surface area contributed by atoms with Crippen molar-refractivity contribution in [3.8, 4) is 0 Å². The molecule has 0 bridgehead atoms. The Labute approximate surface area is 123 Å². The van der Waals surface area contributed by atoms with Gasteiger partial charge in [-0.3, -0.25) is 4.79 Å². The summed E-state index contributed by atoms with van der Waals surface area (Å²) in [6.07, 6.45) is -5.80. The van der Waals surface area contributed by atoms with Gasteiger partial charge in [-0.1, -0.05) is 33.6 Å². The molecule has 0 aliphatic carbocycles. The van der Waals surface area contributed by atoms with Gasteiger partial charge in [-0.2, -0.15) is 22.0 Å². The van der Waals surface area contributed by atoms with E-state index in [0.717, 1.165) is 12.1 Å². The summed E-state index contributed by atoms with van der Waals surface area (Å²) in [7, 11) is 0. The molecule has 9 heteroatoms. The Kier molecular flexibility index (Phi) is 3.75. The van der Waals surface area contributed by atoms with Crippen molar-refractivity contribution in [3.63, 3.8) is 0 Å². The molecule has 110 valence electrons. The molecule has 0 saturated carbocycles. The van der Waals surface area contributed by atoms with Crippen molar-refractivity contribution in [1.29, 1.82) is 0 Å². The number of fused-ring (bicyclic) bond motifs is 1. The van der Waals surface area contributed by atoms with Crippen molar-refractivity contribution in [2.75, 3.05) is 5.32 Å². The lowest BCUT2D eigenvalue weighted by Crippen LogP contribution is -2.40. The average Bonchev–Trinajstić information content (AvgIpc) is 2.64. The van der Waals surface area contributed by atoms with Crippen molar-refractivity contribution in [2.45, 2.75) is 23.3 Å². The molecule has 1 aromatic carbocycles. The Bertz CT molecular complexity index is 575. The highest BCUT2D eigenvalue weighted by molar-refractivity contribution is 9.09. The fourth-order valence-electron chi connectivity index (χ4n) is 1.80. The minimum absolute atomic E-state index is 0.0865. The molecule has 1 unspecified atom stereocenters. The number of anilines is 1. The Balaban J connectivity index is 2.44. The molecule has 0 fully saturated rings. The maximum atomic E-state index is 13.3. The molecule has 0 spiro atoms. The predicted molar refractivity (Wildman–Crippen MR) is 66.5 cm³/mol. The minimum Gasteiger partial charge on any atom is -0.325 e. The van der Waals surface area contributed by atoms with Gasteiger partial charge >= 0.3 is 12.1 Å². The highest BCUT2D eigenvalue weighted by atomic mass is 79.9. The molecule has 0 saturated heterocycles. The lowest BCUT2D eigenvalue weighted by Gasteiger charge is -2.25. The smallest absolute Gasteiger partial charge is 0.325 e. The first-order valence-corrected chi connectivity index (χ1v) is 6.54. The van der Waals surface area contributed by atoms with Crippen molar-refractivity contribution < 1.29 is 26.7 Å². The second-order valence-electron chi connectivity index (χ2n) is 4.24. The van der Waals surface area contributed by atoms with Crippen LogP contribution in [0.5, 0.6) is 0 Å². The van der Waals surface area contributed by atoms with Crippen LogP contribution in [0.3, 0.4) is 0 Å². The van der Waals surface area contributed by atoms with Crippen LogP contribution in [0.15, 0.2) is 12.1 Å². The summed E-state index contributed by atoms with van der Waals surface area (Å²) >= 11 is 8.08. The minimum atomic E-state index is -5.71. The molecule has 1 N–H and O–H groups in total. The maximum absolute atomic E-state index is 13.3. The third-order valence-electron chi connectivity index (χ3n) is 2.82. The molecule has 2 rings (SSSR count). The van der Waals surface area contributed by atoms with Crippen molar-refractivity contribution in [1.82, 2.24) is 0 Å². The number of hydrogen-bond donors (Lipinski definition) is 1. The van der Waals surface area contributed by atoms with Gasteiger partial charge in [0.15, 0.2) is 0 Å². The first kappa shape index (κ1) is 15.5. The maximum Gasteiger partial charge on any atom is 0.454 e. The number of alkyl halides is 6. The molecule has 1 amide bonds. The number of benzene rings is 1. The molecule has 0 radical (unpaired) electrons. The molecule has 1 aliphatic heterocycles. The van der Waals surface area contributed by atoms with E-state index < -0.39 is 22.5 Å². The number of hydrogen-bond acceptors (Lipinski definition) is 1. The van der Waals surface area contributed by atoms with Crippen LogP contribution >= 0.6 is 27.5 Å². The van der Waals surface area contributed by atoms with Gasteiger partial charge in [0.05, 0.1) is 6.42 Å². The summed E-state index contributed by atoms with van der Waals surface area (Å²) in [6, 6.07) is 2.24. The quantitative estimate of drug-likeness (QED) is 0.597. The van der Waals surface area contributed by atoms with Crippen LogP contribution in [0, 0.1) is 0 Å². The van der Waals surface area contributed by atoms with Crippen LogP contribution in [-0.2, 0) is 11.2 Å². The van der Waals surface area contributed by atoms with Gasteiger partial charge in [0, 0.05) is 10.7 Å². The first-order valence-electron chi connectivity index (χ1n) is 5.25. The van der Waals surface area contributed by atoms with E-state index in [1.807, 2.05) is 0 Å². The van der Waals surface area contributed by atoms with Gasteiger partial charge < -0.3 is 5.32 Å². The van der Waals surface area contributed by atoms with Crippen molar-refractivity contribution >= 4 is 39.1 Å². The summed E-state index contributed by atoms with van der Waals surface area (Å²) in [5.74, 6) is -5.36. The number of halogens is 7. The molecule has 20 heavy (non-hydrogen) atoms. The zero-order valence-corrected chi connectivity index (χ0v) is 11.8. The van der Waals surface area contributed by atoms with E-state index in [2.05, 4.69) is 21.2 Å². The van der Waals surface area contributed by atoms with Crippen LogP contribution in [0.4, 0.5) is 27.6 Å². The third-order valence-corrected chi connectivity index (χ3v) is 4.21. The molecule has 1 atom stereocenters. The summed E-state index contributed by atoms with van der Waals surface area (Å²) in [4.78, 5) is 8.82. The van der Waals surface area contributed by atoms with Crippen LogP contribution in [0.25, 0.3) is 0 Å².